The van der Waals surface area contributed by atoms with Crippen molar-refractivity contribution in [3.05, 3.63) is 96.1 Å². The maximum Gasteiger partial charge on any atom is 0.376 e. The van der Waals surface area contributed by atoms with Crippen LogP contribution in [0.25, 0.3) is 11.1 Å². The summed E-state index contributed by atoms with van der Waals surface area (Å²) in [4.78, 5) is 3.55. The highest BCUT2D eigenvalue weighted by Gasteiger charge is 2.36. The van der Waals surface area contributed by atoms with Gasteiger partial charge in [0.2, 0.25) is 0 Å². The van der Waals surface area contributed by atoms with Gasteiger partial charge in [-0.3, -0.25) is 0 Å². The van der Waals surface area contributed by atoms with Crippen molar-refractivity contribution in [1.29, 1.82) is 0 Å². The third-order valence-electron chi connectivity index (χ3n) is 4.08. The standard InChI is InChI=1S/C20H16N2/c1-3-8-15(9-4-1)17-12-7-13-18(14-17)20-21-19(22-20)16-10-5-2-6-11-16/h1-14,20H,(H,21,22)/p+2. The van der Waals surface area contributed by atoms with Crippen LogP contribution >= 0.6 is 0 Å². The Morgan fingerprint density at radius 3 is 1.91 bits per heavy atom. The van der Waals surface area contributed by atoms with E-state index in [-0.39, 0.29) is 0 Å². The number of nitrogen functional groups attached to an aromatic ring is 1. The summed E-state index contributed by atoms with van der Waals surface area (Å²) in [5, 5.41) is 2.29. The molecule has 1 unspecified atom stereocenters. The van der Waals surface area contributed by atoms with Crippen molar-refractivity contribution in [2.24, 2.45) is 0 Å². The summed E-state index contributed by atoms with van der Waals surface area (Å²) in [6.45, 7) is 0. The molecule has 106 valence electrons. The molecule has 0 aromatic heterocycles. The van der Waals surface area contributed by atoms with E-state index in [2.05, 4.69) is 89.2 Å². The normalized spacial score (nSPS) is 16.7. The molecule has 3 N–H and O–H groups in total. The van der Waals surface area contributed by atoms with E-state index in [0.717, 1.165) is 0 Å². The van der Waals surface area contributed by atoms with Crippen LogP contribution in [0.3, 0.4) is 0 Å². The molecule has 0 amide bonds. The van der Waals surface area contributed by atoms with Gasteiger partial charge in [-0.2, -0.15) is 5.32 Å². The summed E-state index contributed by atoms with van der Waals surface area (Å²) in [6, 6.07) is 29.7. The molecule has 1 atom stereocenters. The van der Waals surface area contributed by atoms with Gasteiger partial charge in [0.15, 0.2) is 0 Å². The summed E-state index contributed by atoms with van der Waals surface area (Å²) in [7, 11) is 0. The summed E-state index contributed by atoms with van der Waals surface area (Å²) >= 11 is 0. The number of amidine groups is 1. The fraction of sp³-hybridized carbons (Fsp3) is 0.0500. The maximum absolute atomic E-state index is 3.55. The van der Waals surface area contributed by atoms with Crippen LogP contribution < -0.4 is 10.3 Å². The zero-order valence-corrected chi connectivity index (χ0v) is 12.2. The second-order valence-corrected chi connectivity index (χ2v) is 5.56. The molecule has 0 radical (unpaired) electrons. The second kappa shape index (κ2) is 5.58. The molecule has 22 heavy (non-hydrogen) atoms. The van der Waals surface area contributed by atoms with Gasteiger partial charge in [-0.25, -0.2) is 0 Å². The smallest absolute Gasteiger partial charge is 0.196 e. The highest BCUT2D eigenvalue weighted by Crippen LogP contribution is 2.21. The SMILES string of the molecule is c1ccc(C2=[NH+]C(c3cccc(-c4ccccc4)c3)[NH2+]2)cc1. The number of nitrogens with one attached hydrogen (secondary N) is 1. The third-order valence-corrected chi connectivity index (χ3v) is 4.08. The van der Waals surface area contributed by atoms with Crippen LogP contribution in [0.2, 0.25) is 0 Å². The molecule has 0 aliphatic carbocycles. The summed E-state index contributed by atoms with van der Waals surface area (Å²) in [5.74, 6) is 1.22. The molecule has 2 nitrogen and oxygen atoms in total. The summed E-state index contributed by atoms with van der Waals surface area (Å²) in [5.41, 5.74) is 5.08. The number of nitrogens with two attached hydrogens (primary N) is 1. The molecule has 0 fully saturated rings. The van der Waals surface area contributed by atoms with Crippen LogP contribution in [0, 0.1) is 0 Å². The third kappa shape index (κ3) is 2.45. The zero-order valence-electron chi connectivity index (χ0n) is 12.2. The van der Waals surface area contributed by atoms with Gasteiger partial charge in [0.1, 0.15) is 5.56 Å². The first kappa shape index (κ1) is 13.0. The van der Waals surface area contributed by atoms with E-state index in [0.29, 0.717) is 6.17 Å². The lowest BCUT2D eigenvalue weighted by Gasteiger charge is -2.15. The zero-order chi connectivity index (χ0) is 14.8. The Morgan fingerprint density at radius 1 is 0.636 bits per heavy atom. The Kier molecular flexibility index (Phi) is 3.30. The van der Waals surface area contributed by atoms with E-state index < -0.39 is 0 Å². The minimum Gasteiger partial charge on any atom is -0.196 e. The molecular weight excluding hydrogens is 268 g/mol. The lowest BCUT2D eigenvalue weighted by molar-refractivity contribution is -0.881. The summed E-state index contributed by atoms with van der Waals surface area (Å²) in [6.07, 6.45) is 0.305. The molecular formula is C20H18N2+2. The predicted octanol–water partition coefficient (Wildman–Crippen LogP) is 1.46. The first-order valence-corrected chi connectivity index (χ1v) is 7.59. The van der Waals surface area contributed by atoms with Gasteiger partial charge in [-0.1, -0.05) is 60.7 Å². The van der Waals surface area contributed by atoms with Gasteiger partial charge in [0.25, 0.3) is 0 Å². The quantitative estimate of drug-likeness (QED) is 0.730. The molecule has 0 spiro atoms. The van der Waals surface area contributed by atoms with Crippen molar-refractivity contribution in [3.63, 3.8) is 0 Å². The van der Waals surface area contributed by atoms with E-state index in [1.165, 1.54) is 28.1 Å². The van der Waals surface area contributed by atoms with Gasteiger partial charge in [0, 0.05) is 0 Å². The molecule has 1 aliphatic rings. The first-order chi connectivity index (χ1) is 10.9. The maximum atomic E-state index is 3.55. The fourth-order valence-corrected chi connectivity index (χ4v) is 2.85. The molecule has 4 rings (SSSR count). The number of benzene rings is 3. The van der Waals surface area contributed by atoms with Gasteiger partial charge in [-0.15, -0.1) is 4.99 Å². The van der Waals surface area contributed by atoms with Gasteiger partial charge in [0.05, 0.1) is 5.56 Å². The predicted molar refractivity (Wildman–Crippen MR) is 88.1 cm³/mol. The second-order valence-electron chi connectivity index (χ2n) is 5.56. The Hall–Kier alpha value is -2.71. The molecule has 0 bridgehead atoms. The van der Waals surface area contributed by atoms with Crippen LogP contribution in [-0.2, 0) is 0 Å². The van der Waals surface area contributed by atoms with Crippen LogP contribution in [0.1, 0.15) is 17.3 Å². The average molecular weight is 286 g/mol. The Bertz CT molecular complexity index is 807. The van der Waals surface area contributed by atoms with E-state index in [1.54, 1.807) is 0 Å². The molecule has 2 heteroatoms. The number of quaternary nitrogens is 1. The van der Waals surface area contributed by atoms with E-state index in [9.17, 15) is 0 Å². The highest BCUT2D eigenvalue weighted by molar-refractivity contribution is 5.87. The van der Waals surface area contributed by atoms with Crippen molar-refractivity contribution < 1.29 is 10.3 Å². The van der Waals surface area contributed by atoms with Crippen molar-refractivity contribution >= 4 is 5.84 Å². The molecule has 1 heterocycles. The van der Waals surface area contributed by atoms with Gasteiger partial charge < -0.3 is 0 Å². The Morgan fingerprint density at radius 2 is 1.23 bits per heavy atom. The molecule has 3 aromatic rings. The van der Waals surface area contributed by atoms with Crippen LogP contribution in [0.5, 0.6) is 0 Å². The van der Waals surface area contributed by atoms with Crippen LogP contribution in [-0.4, -0.2) is 5.84 Å². The molecule has 0 saturated carbocycles. The Balaban J connectivity index is 1.59. The fourth-order valence-electron chi connectivity index (χ4n) is 2.85. The monoisotopic (exact) mass is 286 g/mol. The largest absolute Gasteiger partial charge is 0.376 e. The summed E-state index contributed by atoms with van der Waals surface area (Å²) < 4.78 is 0. The number of rotatable bonds is 3. The average Bonchev–Trinajstić information content (AvgIpc) is 2.56. The van der Waals surface area contributed by atoms with Crippen LogP contribution in [0.4, 0.5) is 0 Å². The number of hydrogen-bond donors (Lipinski definition) is 2. The van der Waals surface area contributed by atoms with Crippen molar-refractivity contribution in [1.82, 2.24) is 0 Å². The lowest BCUT2D eigenvalue weighted by atomic mass is 10.0. The number of hydrogen-bond acceptors (Lipinski definition) is 0. The minimum absolute atomic E-state index is 0.305. The first-order valence-electron chi connectivity index (χ1n) is 7.59. The van der Waals surface area contributed by atoms with E-state index >= 15 is 0 Å². The van der Waals surface area contributed by atoms with Gasteiger partial charge in [-0.05, 0) is 35.4 Å². The van der Waals surface area contributed by atoms with E-state index in [4.69, 9.17) is 0 Å². The van der Waals surface area contributed by atoms with Crippen LogP contribution in [0.15, 0.2) is 84.9 Å². The topological polar surface area (TPSA) is 30.6 Å². The van der Waals surface area contributed by atoms with Crippen molar-refractivity contribution in [3.8, 4) is 11.1 Å². The minimum atomic E-state index is 0.305. The highest BCUT2D eigenvalue weighted by atomic mass is 15.2. The molecule has 1 aliphatic heterocycles. The molecule has 0 saturated heterocycles. The Labute approximate surface area is 130 Å². The van der Waals surface area contributed by atoms with E-state index in [1.807, 2.05) is 6.07 Å². The lowest BCUT2D eigenvalue weighted by Crippen LogP contribution is -3.20. The van der Waals surface area contributed by atoms with Crippen molar-refractivity contribution in [2.75, 3.05) is 0 Å². The molecule has 3 aromatic carbocycles. The van der Waals surface area contributed by atoms with Gasteiger partial charge >= 0.3 is 12.0 Å². The van der Waals surface area contributed by atoms with Crippen molar-refractivity contribution in [2.45, 2.75) is 6.17 Å².